The van der Waals surface area contributed by atoms with Gasteiger partial charge in [-0.05, 0) is 12.1 Å². The van der Waals surface area contributed by atoms with Gasteiger partial charge in [-0.2, -0.15) is 0 Å². The van der Waals surface area contributed by atoms with Gasteiger partial charge in [0.15, 0.2) is 5.52 Å². The smallest absolute Gasteiger partial charge is 0.279 e. The Balaban J connectivity index is 2.15. The zero-order chi connectivity index (χ0) is 17.6. The summed E-state index contributed by atoms with van der Waals surface area (Å²) in [6.07, 6.45) is 0.558. The number of rotatable bonds is 2. The fourth-order valence-electron chi connectivity index (χ4n) is 2.89. The molecule has 2 aromatic carbocycles. The third-order valence-corrected chi connectivity index (χ3v) is 4.08. The van der Waals surface area contributed by atoms with E-state index < -0.39 is 5.82 Å². The van der Waals surface area contributed by atoms with Crippen molar-refractivity contribution in [1.82, 2.24) is 20.2 Å². The van der Waals surface area contributed by atoms with Gasteiger partial charge in [0.2, 0.25) is 0 Å². The Hall–Kier alpha value is -3.35. The number of nitrogens with one attached hydrogen (secondary N) is 1. The Kier molecular flexibility index (Phi) is 3.42. The molecule has 4 aromatic rings. The van der Waals surface area contributed by atoms with Crippen molar-refractivity contribution in [2.75, 3.05) is 0 Å². The zero-order valence-electron chi connectivity index (χ0n) is 13.2. The van der Waals surface area contributed by atoms with Crippen LogP contribution >= 0.6 is 0 Å². The van der Waals surface area contributed by atoms with Gasteiger partial charge >= 0.3 is 0 Å². The minimum atomic E-state index is -0.567. The van der Waals surface area contributed by atoms with Crippen LogP contribution in [0.3, 0.4) is 0 Å². The fraction of sp³-hybridized carbons (Fsp3) is 0.111. The van der Waals surface area contributed by atoms with Gasteiger partial charge < -0.3 is 10.1 Å². The third-order valence-electron chi connectivity index (χ3n) is 4.08. The molecule has 0 bridgehead atoms. The molecule has 124 valence electrons. The molecule has 7 heteroatoms. The molecule has 0 radical (unpaired) electrons. The van der Waals surface area contributed by atoms with Crippen LogP contribution in [-0.2, 0) is 6.42 Å². The number of fused-ring (bicyclic) bond motifs is 3. The summed E-state index contributed by atoms with van der Waals surface area (Å²) in [5.41, 5.74) is 0.971. The van der Waals surface area contributed by atoms with Gasteiger partial charge in [0.05, 0.1) is 5.56 Å². The summed E-state index contributed by atoms with van der Waals surface area (Å²) in [5, 5.41) is 18.7. The van der Waals surface area contributed by atoms with E-state index in [0.717, 1.165) is 0 Å². The van der Waals surface area contributed by atoms with E-state index >= 15 is 0 Å². The first-order chi connectivity index (χ1) is 12.1. The second kappa shape index (κ2) is 5.62. The molecule has 0 fully saturated rings. The number of aromatic amines is 1. The maximum absolute atomic E-state index is 14.3. The molecule has 0 saturated carbocycles. The highest BCUT2D eigenvalue weighted by molar-refractivity contribution is 6.06. The molecule has 0 aliphatic rings. The van der Waals surface area contributed by atoms with Gasteiger partial charge in [-0.15, -0.1) is 10.2 Å². The average molecular weight is 336 g/mol. The number of phenolic OH excluding ortho intramolecular Hbond substituents is 1. The number of aromatic nitrogens is 4. The van der Waals surface area contributed by atoms with E-state index in [2.05, 4.69) is 20.2 Å². The Morgan fingerprint density at radius 2 is 1.84 bits per heavy atom. The second-order valence-electron chi connectivity index (χ2n) is 5.60. The summed E-state index contributed by atoms with van der Waals surface area (Å²) < 4.78 is 14.3. The van der Waals surface area contributed by atoms with Gasteiger partial charge in [-0.1, -0.05) is 31.2 Å². The number of hydrogen-bond donors (Lipinski definition) is 2. The topological polar surface area (TPSA) is 91.8 Å². The lowest BCUT2D eigenvalue weighted by molar-refractivity contribution is 0.472. The predicted molar refractivity (Wildman–Crippen MR) is 91.9 cm³/mol. The Morgan fingerprint density at radius 1 is 1.08 bits per heavy atom. The van der Waals surface area contributed by atoms with Crippen LogP contribution in [-0.4, -0.2) is 25.3 Å². The van der Waals surface area contributed by atoms with Crippen LogP contribution in [0.5, 0.6) is 5.75 Å². The normalized spacial score (nSPS) is 11.3. The maximum atomic E-state index is 14.3. The van der Waals surface area contributed by atoms with Crippen LogP contribution in [0, 0.1) is 5.82 Å². The Labute approximate surface area is 141 Å². The van der Waals surface area contributed by atoms with Crippen LogP contribution in [0.25, 0.3) is 33.1 Å². The molecule has 6 nitrogen and oxygen atoms in total. The first-order valence-corrected chi connectivity index (χ1v) is 7.76. The number of halogens is 1. The van der Waals surface area contributed by atoms with Gasteiger partial charge in [-0.3, -0.25) is 4.79 Å². The van der Waals surface area contributed by atoms with Gasteiger partial charge in [0.1, 0.15) is 28.4 Å². The molecule has 0 unspecified atom stereocenters. The standard InChI is InChI=1S/C18H13FN4O2/c1-2-13-20-16-10-6-3-5-9(14-11(19)7-4-8-12(14)24)15(10)22-23-17(16)18(25)21-13/h3-8,24H,2H2,1H3,(H,20,21,25). The van der Waals surface area contributed by atoms with Crippen molar-refractivity contribution in [3.63, 3.8) is 0 Å². The van der Waals surface area contributed by atoms with Gasteiger partial charge in [0.25, 0.3) is 5.56 Å². The average Bonchev–Trinajstić information content (AvgIpc) is 2.61. The summed E-state index contributed by atoms with van der Waals surface area (Å²) in [4.78, 5) is 19.3. The number of H-pyrrole nitrogens is 1. The van der Waals surface area contributed by atoms with Crippen molar-refractivity contribution in [3.05, 3.63) is 58.4 Å². The monoisotopic (exact) mass is 336 g/mol. The molecule has 4 rings (SSSR count). The summed E-state index contributed by atoms with van der Waals surface area (Å²) in [5.74, 6) is -0.226. The van der Waals surface area contributed by atoms with E-state index in [1.165, 1.54) is 18.2 Å². The van der Waals surface area contributed by atoms with Crippen molar-refractivity contribution >= 4 is 21.9 Å². The fourth-order valence-corrected chi connectivity index (χ4v) is 2.89. The van der Waals surface area contributed by atoms with E-state index in [4.69, 9.17) is 0 Å². The molecule has 0 saturated heterocycles. The van der Waals surface area contributed by atoms with Gasteiger partial charge in [-0.25, -0.2) is 9.37 Å². The highest BCUT2D eigenvalue weighted by atomic mass is 19.1. The van der Waals surface area contributed by atoms with Gasteiger partial charge in [0, 0.05) is 17.4 Å². The molecule has 25 heavy (non-hydrogen) atoms. The molecule has 2 heterocycles. The first kappa shape index (κ1) is 15.2. The molecule has 0 aliphatic carbocycles. The number of benzene rings is 2. The lowest BCUT2D eigenvalue weighted by atomic mass is 10.0. The highest BCUT2D eigenvalue weighted by Crippen LogP contribution is 2.36. The molecule has 2 N–H and O–H groups in total. The Bertz CT molecular complexity index is 1170. The van der Waals surface area contributed by atoms with Crippen LogP contribution in [0.1, 0.15) is 12.7 Å². The first-order valence-electron chi connectivity index (χ1n) is 7.76. The second-order valence-corrected chi connectivity index (χ2v) is 5.60. The van der Waals surface area contributed by atoms with Crippen LogP contribution in [0.2, 0.25) is 0 Å². The number of hydrogen-bond acceptors (Lipinski definition) is 5. The van der Waals surface area contributed by atoms with E-state index in [0.29, 0.717) is 34.2 Å². The number of aromatic hydroxyl groups is 1. The summed E-state index contributed by atoms with van der Waals surface area (Å²) in [7, 11) is 0. The molecular formula is C18H13FN4O2. The predicted octanol–water partition coefficient (Wildman–Crippen LogP) is 2.94. The molecule has 0 amide bonds. The van der Waals surface area contributed by atoms with E-state index in [1.54, 1.807) is 18.2 Å². The van der Waals surface area contributed by atoms with Crippen molar-refractivity contribution in [1.29, 1.82) is 0 Å². The largest absolute Gasteiger partial charge is 0.507 e. The molecule has 0 aliphatic heterocycles. The van der Waals surface area contributed by atoms with Crippen LogP contribution in [0.4, 0.5) is 4.39 Å². The number of nitrogens with zero attached hydrogens (tertiary/aromatic N) is 3. The zero-order valence-corrected chi connectivity index (χ0v) is 13.2. The minimum absolute atomic E-state index is 0.0438. The minimum Gasteiger partial charge on any atom is -0.507 e. The summed E-state index contributed by atoms with van der Waals surface area (Å²) in [6.45, 7) is 1.88. The number of aryl methyl sites for hydroxylation is 1. The molecular weight excluding hydrogens is 323 g/mol. The summed E-state index contributed by atoms with van der Waals surface area (Å²) >= 11 is 0. The quantitative estimate of drug-likeness (QED) is 0.549. The van der Waals surface area contributed by atoms with Crippen molar-refractivity contribution in [3.8, 4) is 16.9 Å². The highest BCUT2D eigenvalue weighted by Gasteiger charge is 2.17. The number of phenols is 1. The Morgan fingerprint density at radius 3 is 2.60 bits per heavy atom. The molecule has 2 aromatic heterocycles. The van der Waals surface area contributed by atoms with E-state index in [9.17, 15) is 14.3 Å². The SMILES string of the molecule is CCc1nc2c(nnc3c(-c4c(O)cccc4F)cccc32)c(=O)[nH]1. The third kappa shape index (κ3) is 2.32. The van der Waals surface area contributed by atoms with Crippen molar-refractivity contribution in [2.24, 2.45) is 0 Å². The van der Waals surface area contributed by atoms with E-state index in [1.807, 2.05) is 6.92 Å². The molecule has 0 spiro atoms. The lowest BCUT2D eigenvalue weighted by Crippen LogP contribution is -2.13. The van der Waals surface area contributed by atoms with Crippen LogP contribution in [0.15, 0.2) is 41.2 Å². The van der Waals surface area contributed by atoms with Crippen LogP contribution < -0.4 is 5.56 Å². The van der Waals surface area contributed by atoms with Crippen molar-refractivity contribution < 1.29 is 9.50 Å². The van der Waals surface area contributed by atoms with E-state index in [-0.39, 0.29) is 22.4 Å². The van der Waals surface area contributed by atoms with Crippen molar-refractivity contribution in [2.45, 2.75) is 13.3 Å². The lowest BCUT2D eigenvalue weighted by Gasteiger charge is -2.10. The maximum Gasteiger partial charge on any atom is 0.279 e. The summed E-state index contributed by atoms with van der Waals surface area (Å²) in [6, 6.07) is 9.20. The molecule has 0 atom stereocenters.